The zero-order chi connectivity index (χ0) is 21.1. The summed E-state index contributed by atoms with van der Waals surface area (Å²) in [5.41, 5.74) is 1.35. The summed E-state index contributed by atoms with van der Waals surface area (Å²) in [4.78, 5) is 0.240. The quantitative estimate of drug-likeness (QED) is 0.540. The van der Waals surface area contributed by atoms with E-state index in [0.29, 0.717) is 48.6 Å². The first-order valence-electron chi connectivity index (χ1n) is 9.41. The Morgan fingerprint density at radius 2 is 1.77 bits per heavy atom. The van der Waals surface area contributed by atoms with Crippen LogP contribution in [0.3, 0.4) is 0 Å². The molecule has 0 aliphatic carbocycles. The minimum atomic E-state index is -3.54. The van der Waals surface area contributed by atoms with Crippen LogP contribution in [0.5, 0.6) is 0 Å². The molecule has 10 heteroatoms. The molecule has 0 spiro atoms. The van der Waals surface area contributed by atoms with Gasteiger partial charge >= 0.3 is 0 Å². The van der Waals surface area contributed by atoms with Crippen LogP contribution in [0, 0.1) is 5.82 Å². The van der Waals surface area contributed by atoms with Gasteiger partial charge < -0.3 is 9.30 Å². The van der Waals surface area contributed by atoms with Crippen molar-refractivity contribution in [1.82, 2.24) is 19.1 Å². The third-order valence-corrected chi connectivity index (χ3v) is 7.85. The first-order chi connectivity index (χ1) is 14.5. The molecule has 3 aromatic rings. The number of hydrogen-bond donors (Lipinski definition) is 0. The van der Waals surface area contributed by atoms with Gasteiger partial charge in [0.2, 0.25) is 10.0 Å². The molecule has 0 amide bonds. The van der Waals surface area contributed by atoms with Crippen molar-refractivity contribution in [3.63, 3.8) is 0 Å². The fourth-order valence-corrected chi connectivity index (χ4v) is 5.47. The highest BCUT2D eigenvalue weighted by molar-refractivity contribution is 7.98. The second-order valence-electron chi connectivity index (χ2n) is 6.79. The largest absolute Gasteiger partial charge is 0.379 e. The number of nitrogens with zero attached hydrogens (tertiary/aromatic N) is 4. The second-order valence-corrected chi connectivity index (χ2v) is 9.67. The van der Waals surface area contributed by atoms with Gasteiger partial charge in [-0.1, -0.05) is 30.0 Å². The Bertz CT molecular complexity index is 1130. The third-order valence-electron chi connectivity index (χ3n) is 4.87. The fraction of sp³-hybridized carbons (Fsp3) is 0.300. The van der Waals surface area contributed by atoms with Crippen molar-refractivity contribution in [1.29, 1.82) is 0 Å². The zero-order valence-electron chi connectivity index (χ0n) is 16.4. The van der Waals surface area contributed by atoms with Crippen molar-refractivity contribution in [2.45, 2.75) is 15.8 Å². The van der Waals surface area contributed by atoms with Crippen molar-refractivity contribution in [3.05, 3.63) is 59.9 Å². The van der Waals surface area contributed by atoms with Crippen LogP contribution in [0.15, 0.2) is 58.6 Å². The Morgan fingerprint density at radius 3 is 2.47 bits per heavy atom. The van der Waals surface area contributed by atoms with E-state index in [1.807, 2.05) is 11.6 Å². The van der Waals surface area contributed by atoms with Crippen molar-refractivity contribution < 1.29 is 17.5 Å². The highest BCUT2D eigenvalue weighted by atomic mass is 32.2. The maximum atomic E-state index is 13.8. The van der Waals surface area contributed by atoms with E-state index in [0.717, 1.165) is 5.56 Å². The molecule has 4 rings (SSSR count). The molecule has 1 aliphatic rings. The normalized spacial score (nSPS) is 15.4. The minimum absolute atomic E-state index is 0.240. The molecule has 2 aromatic carbocycles. The van der Waals surface area contributed by atoms with Crippen LogP contribution >= 0.6 is 11.8 Å². The van der Waals surface area contributed by atoms with E-state index in [4.69, 9.17) is 4.74 Å². The van der Waals surface area contributed by atoms with E-state index in [-0.39, 0.29) is 10.7 Å². The van der Waals surface area contributed by atoms with E-state index in [1.165, 1.54) is 22.1 Å². The van der Waals surface area contributed by atoms with Gasteiger partial charge in [0, 0.05) is 31.5 Å². The average molecular weight is 449 g/mol. The molecule has 0 unspecified atom stereocenters. The van der Waals surface area contributed by atoms with Crippen LogP contribution in [-0.2, 0) is 27.6 Å². The predicted octanol–water partition coefficient (Wildman–Crippen LogP) is 2.93. The van der Waals surface area contributed by atoms with Gasteiger partial charge in [-0.25, -0.2) is 12.8 Å². The Morgan fingerprint density at radius 1 is 1.07 bits per heavy atom. The first kappa shape index (κ1) is 21.0. The van der Waals surface area contributed by atoms with Crippen LogP contribution in [0.2, 0.25) is 0 Å². The monoisotopic (exact) mass is 448 g/mol. The van der Waals surface area contributed by atoms with Gasteiger partial charge in [-0.05, 0) is 35.9 Å². The number of halogens is 1. The summed E-state index contributed by atoms with van der Waals surface area (Å²) in [5, 5.41) is 9.07. The highest BCUT2D eigenvalue weighted by Gasteiger charge is 2.26. The third kappa shape index (κ3) is 4.27. The van der Waals surface area contributed by atoms with E-state index in [2.05, 4.69) is 10.2 Å². The zero-order valence-corrected chi connectivity index (χ0v) is 18.0. The van der Waals surface area contributed by atoms with Crippen LogP contribution < -0.4 is 0 Å². The molecule has 1 saturated heterocycles. The lowest BCUT2D eigenvalue weighted by Gasteiger charge is -2.26. The molecule has 0 atom stereocenters. The topological polar surface area (TPSA) is 77.3 Å². The van der Waals surface area contributed by atoms with Crippen molar-refractivity contribution in [2.75, 3.05) is 26.3 Å². The summed E-state index contributed by atoms with van der Waals surface area (Å²) in [6.07, 6.45) is 0. The van der Waals surface area contributed by atoms with Crippen molar-refractivity contribution in [2.24, 2.45) is 7.05 Å². The molecule has 30 heavy (non-hydrogen) atoms. The molecule has 1 fully saturated rings. The SMILES string of the molecule is Cn1c(SCc2ccccc2F)nnc1-c1ccc(S(=O)(=O)N2CCOCC2)cc1. The predicted molar refractivity (Wildman–Crippen MR) is 112 cm³/mol. The summed E-state index contributed by atoms with van der Waals surface area (Å²) >= 11 is 1.39. The van der Waals surface area contributed by atoms with Gasteiger partial charge in [0.1, 0.15) is 5.82 Å². The van der Waals surface area contributed by atoms with E-state index < -0.39 is 10.0 Å². The summed E-state index contributed by atoms with van der Waals surface area (Å²) in [6.45, 7) is 1.53. The van der Waals surface area contributed by atoms with Crippen LogP contribution in [-0.4, -0.2) is 53.8 Å². The molecule has 0 radical (unpaired) electrons. The van der Waals surface area contributed by atoms with Gasteiger partial charge in [-0.2, -0.15) is 4.31 Å². The van der Waals surface area contributed by atoms with E-state index in [1.54, 1.807) is 42.5 Å². The fourth-order valence-electron chi connectivity index (χ4n) is 3.16. The van der Waals surface area contributed by atoms with Gasteiger partial charge in [0.05, 0.1) is 18.1 Å². The van der Waals surface area contributed by atoms with Crippen molar-refractivity contribution in [3.8, 4) is 11.4 Å². The molecule has 0 saturated carbocycles. The summed E-state index contributed by atoms with van der Waals surface area (Å²) < 4.78 is 47.8. The van der Waals surface area contributed by atoms with Gasteiger partial charge in [-0.3, -0.25) is 0 Å². The Labute approximate surface area is 178 Å². The summed E-state index contributed by atoms with van der Waals surface area (Å²) in [6, 6.07) is 13.3. The molecule has 0 bridgehead atoms. The number of morpholine rings is 1. The van der Waals surface area contributed by atoms with Crippen molar-refractivity contribution >= 4 is 21.8 Å². The van der Waals surface area contributed by atoms with Gasteiger partial charge in [-0.15, -0.1) is 10.2 Å². The Balaban J connectivity index is 1.50. The van der Waals surface area contributed by atoms with Crippen LogP contribution in [0.25, 0.3) is 11.4 Å². The molecule has 158 valence electrons. The average Bonchev–Trinajstić information content (AvgIpc) is 3.14. The summed E-state index contributed by atoms with van der Waals surface area (Å²) in [5.74, 6) is 0.806. The van der Waals surface area contributed by atoms with Crippen LogP contribution in [0.4, 0.5) is 4.39 Å². The molecular weight excluding hydrogens is 427 g/mol. The molecule has 2 heterocycles. The maximum absolute atomic E-state index is 13.8. The summed E-state index contributed by atoms with van der Waals surface area (Å²) in [7, 11) is -1.71. The van der Waals surface area contributed by atoms with Crippen LogP contribution in [0.1, 0.15) is 5.56 Å². The standard InChI is InChI=1S/C20H21FN4O3S2/c1-24-19(22-23-20(24)29-14-16-4-2-3-5-18(16)21)15-6-8-17(9-7-15)30(26,27)25-10-12-28-13-11-25/h2-9H,10-14H2,1H3. The number of hydrogen-bond acceptors (Lipinski definition) is 6. The molecule has 7 nitrogen and oxygen atoms in total. The van der Waals surface area contributed by atoms with E-state index in [9.17, 15) is 12.8 Å². The number of benzene rings is 2. The maximum Gasteiger partial charge on any atom is 0.243 e. The van der Waals surface area contributed by atoms with E-state index >= 15 is 0 Å². The smallest absolute Gasteiger partial charge is 0.243 e. The lowest BCUT2D eigenvalue weighted by molar-refractivity contribution is 0.0730. The van der Waals surface area contributed by atoms with Gasteiger partial charge in [0.25, 0.3) is 0 Å². The van der Waals surface area contributed by atoms with Gasteiger partial charge in [0.15, 0.2) is 11.0 Å². The molecule has 0 N–H and O–H groups in total. The molecule has 1 aliphatic heterocycles. The Kier molecular flexibility index (Phi) is 6.19. The number of ether oxygens (including phenoxy) is 1. The number of sulfonamides is 1. The first-order valence-corrected chi connectivity index (χ1v) is 11.8. The minimum Gasteiger partial charge on any atom is -0.379 e. The highest BCUT2D eigenvalue weighted by Crippen LogP contribution is 2.27. The Hall–Kier alpha value is -2.27. The molecular formula is C20H21FN4O3S2. The number of rotatable bonds is 6. The second kappa shape index (κ2) is 8.84. The lowest BCUT2D eigenvalue weighted by Crippen LogP contribution is -2.40. The number of aromatic nitrogens is 3. The lowest BCUT2D eigenvalue weighted by atomic mass is 10.2. The molecule has 1 aromatic heterocycles. The number of thioether (sulfide) groups is 1.